The second kappa shape index (κ2) is 4.94. The fourth-order valence-electron chi connectivity index (χ4n) is 0.847. The van der Waals surface area contributed by atoms with Gasteiger partial charge >= 0.3 is 0 Å². The van der Waals surface area contributed by atoms with Crippen molar-refractivity contribution in [2.45, 2.75) is 26.4 Å². The molecule has 0 aliphatic rings. The van der Waals surface area contributed by atoms with E-state index in [2.05, 4.69) is 10.1 Å². The fourth-order valence-corrected chi connectivity index (χ4v) is 0.847. The van der Waals surface area contributed by atoms with Crippen LogP contribution in [-0.2, 0) is 11.2 Å². The van der Waals surface area contributed by atoms with Crippen molar-refractivity contribution in [2.75, 3.05) is 13.2 Å². The first-order chi connectivity index (χ1) is 6.24. The number of aliphatic hydroxyl groups is 1. The Balaban J connectivity index is 2.40. The summed E-state index contributed by atoms with van der Waals surface area (Å²) in [5, 5.41) is 12.8. The summed E-state index contributed by atoms with van der Waals surface area (Å²) in [6.45, 7) is 4.77. The van der Waals surface area contributed by atoms with E-state index in [-0.39, 0.29) is 5.89 Å². The van der Waals surface area contributed by atoms with Crippen LogP contribution in [0.25, 0.3) is 0 Å². The normalized spacial score (nSPS) is 13.2. The van der Waals surface area contributed by atoms with Crippen LogP contribution in [0, 0.1) is 0 Å². The Morgan fingerprint density at radius 1 is 1.62 bits per heavy atom. The zero-order chi connectivity index (χ0) is 9.68. The third-order valence-corrected chi connectivity index (χ3v) is 1.52. The summed E-state index contributed by atoms with van der Waals surface area (Å²) in [6, 6.07) is 0. The van der Waals surface area contributed by atoms with E-state index in [0.717, 1.165) is 0 Å². The van der Waals surface area contributed by atoms with Crippen LogP contribution in [0.1, 0.15) is 31.7 Å². The smallest absolute Gasteiger partial charge is 0.255 e. The zero-order valence-corrected chi connectivity index (χ0v) is 7.86. The molecule has 0 saturated heterocycles. The Labute approximate surface area is 76.7 Å². The lowest BCUT2D eigenvalue weighted by Crippen LogP contribution is -2.00. The van der Waals surface area contributed by atoms with Gasteiger partial charge in [-0.25, -0.2) is 0 Å². The van der Waals surface area contributed by atoms with Crippen LogP contribution in [0.2, 0.25) is 0 Å². The van der Waals surface area contributed by atoms with Crippen molar-refractivity contribution in [2.24, 2.45) is 0 Å². The first kappa shape index (κ1) is 10.1. The maximum absolute atomic E-state index is 9.08. The highest BCUT2D eigenvalue weighted by atomic mass is 16.5. The Morgan fingerprint density at radius 3 is 2.92 bits per heavy atom. The van der Waals surface area contributed by atoms with Crippen LogP contribution >= 0.6 is 0 Å². The van der Waals surface area contributed by atoms with Gasteiger partial charge in [0.1, 0.15) is 6.10 Å². The van der Waals surface area contributed by atoms with E-state index < -0.39 is 6.10 Å². The van der Waals surface area contributed by atoms with Crippen molar-refractivity contribution in [3.05, 3.63) is 11.7 Å². The van der Waals surface area contributed by atoms with Crippen molar-refractivity contribution < 1.29 is 14.4 Å². The molecule has 5 nitrogen and oxygen atoms in total. The number of hydrogen-bond donors (Lipinski definition) is 1. The third kappa shape index (κ3) is 3.12. The van der Waals surface area contributed by atoms with Crippen LogP contribution in [-0.4, -0.2) is 28.5 Å². The summed E-state index contributed by atoms with van der Waals surface area (Å²) < 4.78 is 9.91. The molecule has 1 N–H and O–H groups in total. The molecule has 0 saturated carbocycles. The van der Waals surface area contributed by atoms with E-state index >= 15 is 0 Å². The second-order valence-electron chi connectivity index (χ2n) is 2.67. The highest BCUT2D eigenvalue weighted by molar-refractivity contribution is 4.88. The molecule has 0 aliphatic heterocycles. The highest BCUT2D eigenvalue weighted by Crippen LogP contribution is 2.08. The van der Waals surface area contributed by atoms with E-state index in [4.69, 9.17) is 14.4 Å². The van der Waals surface area contributed by atoms with Crippen LogP contribution < -0.4 is 0 Å². The van der Waals surface area contributed by atoms with E-state index in [1.165, 1.54) is 0 Å². The fraction of sp³-hybridized carbons (Fsp3) is 0.750. The molecule has 0 aliphatic carbocycles. The van der Waals surface area contributed by atoms with Crippen molar-refractivity contribution >= 4 is 0 Å². The molecule has 0 bridgehead atoms. The molecule has 1 heterocycles. The monoisotopic (exact) mass is 186 g/mol. The van der Waals surface area contributed by atoms with Crippen molar-refractivity contribution in [1.29, 1.82) is 0 Å². The standard InChI is InChI=1S/C8H14N2O3/c1-3-12-5-4-7-9-8(6(2)11)13-10-7/h6,11H,3-5H2,1-2H3/t6-/m0/s1. The van der Waals surface area contributed by atoms with Gasteiger partial charge < -0.3 is 14.4 Å². The molecule has 0 aromatic carbocycles. The van der Waals surface area contributed by atoms with Gasteiger partial charge in [0.15, 0.2) is 5.82 Å². The molecule has 5 heteroatoms. The maximum atomic E-state index is 9.08. The third-order valence-electron chi connectivity index (χ3n) is 1.52. The Morgan fingerprint density at radius 2 is 2.38 bits per heavy atom. The lowest BCUT2D eigenvalue weighted by atomic mass is 10.4. The lowest BCUT2D eigenvalue weighted by Gasteiger charge is -1.95. The second-order valence-corrected chi connectivity index (χ2v) is 2.67. The predicted octanol–water partition coefficient (Wildman–Crippen LogP) is 0.702. The highest BCUT2D eigenvalue weighted by Gasteiger charge is 2.10. The molecular weight excluding hydrogens is 172 g/mol. The predicted molar refractivity (Wildman–Crippen MR) is 45.1 cm³/mol. The summed E-state index contributed by atoms with van der Waals surface area (Å²) in [6.07, 6.45) is -0.0855. The first-order valence-electron chi connectivity index (χ1n) is 4.32. The molecule has 1 aromatic rings. The molecule has 13 heavy (non-hydrogen) atoms. The lowest BCUT2D eigenvalue weighted by molar-refractivity contribution is 0.148. The molecule has 0 amide bonds. The summed E-state index contributed by atoms with van der Waals surface area (Å²) in [5.41, 5.74) is 0. The van der Waals surface area contributed by atoms with Gasteiger partial charge in [-0.2, -0.15) is 4.98 Å². The average Bonchev–Trinajstić information content (AvgIpc) is 2.53. The Kier molecular flexibility index (Phi) is 3.85. The summed E-state index contributed by atoms with van der Waals surface area (Å²) in [5.74, 6) is 0.829. The number of aromatic nitrogens is 2. The topological polar surface area (TPSA) is 68.4 Å². The van der Waals surface area contributed by atoms with Crippen LogP contribution in [0.3, 0.4) is 0 Å². The van der Waals surface area contributed by atoms with Gasteiger partial charge in [-0.1, -0.05) is 5.16 Å². The molecule has 1 atom stereocenters. The quantitative estimate of drug-likeness (QED) is 0.685. The van der Waals surface area contributed by atoms with E-state index in [9.17, 15) is 0 Å². The van der Waals surface area contributed by atoms with Crippen molar-refractivity contribution in [3.8, 4) is 0 Å². The van der Waals surface area contributed by atoms with E-state index in [1.54, 1.807) is 6.92 Å². The molecule has 74 valence electrons. The minimum absolute atomic E-state index is 0.256. The number of nitrogens with zero attached hydrogens (tertiary/aromatic N) is 2. The number of ether oxygens (including phenoxy) is 1. The SMILES string of the molecule is CCOCCc1noc([C@H](C)O)n1. The molecule has 0 fully saturated rings. The van der Waals surface area contributed by atoms with Gasteiger partial charge in [-0.15, -0.1) is 0 Å². The average molecular weight is 186 g/mol. The summed E-state index contributed by atoms with van der Waals surface area (Å²) in [7, 11) is 0. The molecule has 0 radical (unpaired) electrons. The largest absolute Gasteiger partial charge is 0.384 e. The summed E-state index contributed by atoms with van der Waals surface area (Å²) >= 11 is 0. The van der Waals surface area contributed by atoms with Crippen LogP contribution in [0.5, 0.6) is 0 Å². The number of hydrogen-bond acceptors (Lipinski definition) is 5. The molecule has 1 aromatic heterocycles. The molecular formula is C8H14N2O3. The molecule has 0 spiro atoms. The first-order valence-corrected chi connectivity index (χ1v) is 4.32. The summed E-state index contributed by atoms with van der Waals surface area (Å²) in [4.78, 5) is 3.97. The van der Waals surface area contributed by atoms with Gasteiger partial charge in [0.2, 0.25) is 0 Å². The van der Waals surface area contributed by atoms with E-state index in [0.29, 0.717) is 25.5 Å². The minimum Gasteiger partial charge on any atom is -0.384 e. The van der Waals surface area contributed by atoms with Crippen LogP contribution in [0.4, 0.5) is 0 Å². The Bertz CT molecular complexity index is 247. The van der Waals surface area contributed by atoms with Gasteiger partial charge in [-0.05, 0) is 13.8 Å². The maximum Gasteiger partial charge on any atom is 0.255 e. The van der Waals surface area contributed by atoms with Gasteiger partial charge in [0.05, 0.1) is 6.61 Å². The van der Waals surface area contributed by atoms with Crippen LogP contribution in [0.15, 0.2) is 4.52 Å². The molecule has 1 rings (SSSR count). The van der Waals surface area contributed by atoms with Gasteiger partial charge in [0, 0.05) is 13.0 Å². The molecule has 0 unspecified atom stereocenters. The van der Waals surface area contributed by atoms with Gasteiger partial charge in [-0.3, -0.25) is 0 Å². The van der Waals surface area contributed by atoms with E-state index in [1.807, 2.05) is 6.92 Å². The number of rotatable bonds is 5. The van der Waals surface area contributed by atoms with Gasteiger partial charge in [0.25, 0.3) is 5.89 Å². The van der Waals surface area contributed by atoms with Crippen molar-refractivity contribution in [1.82, 2.24) is 10.1 Å². The zero-order valence-electron chi connectivity index (χ0n) is 7.86. The minimum atomic E-state index is -0.701. The van der Waals surface area contributed by atoms with Crippen molar-refractivity contribution in [3.63, 3.8) is 0 Å². The number of aliphatic hydroxyl groups excluding tert-OH is 1. The Hall–Kier alpha value is -0.940.